The van der Waals surface area contributed by atoms with Gasteiger partial charge in [0, 0.05) is 32.6 Å². The van der Waals surface area contributed by atoms with Gasteiger partial charge in [-0.2, -0.15) is 0 Å². The number of fused-ring (bicyclic) bond motifs is 1. The van der Waals surface area contributed by atoms with Crippen LogP contribution in [0.25, 0.3) is 0 Å². The fraction of sp³-hybridized carbons (Fsp3) is 0.667. The molecule has 35 heavy (non-hydrogen) atoms. The second kappa shape index (κ2) is 11.9. The highest BCUT2D eigenvalue weighted by molar-refractivity contribution is 5.88. The zero-order chi connectivity index (χ0) is 24.7. The van der Waals surface area contributed by atoms with Crippen molar-refractivity contribution in [3.63, 3.8) is 0 Å². The van der Waals surface area contributed by atoms with Crippen LogP contribution in [0.3, 0.4) is 0 Å². The van der Waals surface area contributed by atoms with Crippen molar-refractivity contribution in [3.05, 3.63) is 30.3 Å². The predicted octanol–water partition coefficient (Wildman–Crippen LogP) is 2.19. The number of benzene rings is 1. The molecule has 2 atom stereocenters. The first kappa shape index (κ1) is 25.5. The molecule has 3 aliphatic heterocycles. The van der Waals surface area contributed by atoms with Crippen molar-refractivity contribution >= 4 is 17.7 Å². The molecule has 8 heteroatoms. The standard InChI is InChI=1S/C27H40N4O4/c1-21(32)31-14-10-24-22(20-31)7-5-6-11-27(26(34)28-19-25(33)29-24)12-15-30(16-13-27)17-18-35-23-8-3-2-4-9-23/h2-4,8-9,22,24H,5-7,10-20H2,1H3,(H,28,34)(H,29,33)/t22-,24+/m0/s1. The molecule has 0 saturated carbocycles. The van der Waals surface area contributed by atoms with Crippen molar-refractivity contribution in [2.24, 2.45) is 11.3 Å². The second-order valence-corrected chi connectivity index (χ2v) is 10.4. The third kappa shape index (κ3) is 6.75. The van der Waals surface area contributed by atoms with Gasteiger partial charge in [0.15, 0.2) is 0 Å². The number of ether oxygens (including phenoxy) is 1. The smallest absolute Gasteiger partial charge is 0.239 e. The molecule has 0 aliphatic carbocycles. The summed E-state index contributed by atoms with van der Waals surface area (Å²) in [6.45, 7) is 6.21. The molecule has 0 radical (unpaired) electrons. The molecule has 8 nitrogen and oxygen atoms in total. The lowest BCUT2D eigenvalue weighted by atomic mass is 9.73. The summed E-state index contributed by atoms with van der Waals surface area (Å²) in [6, 6.07) is 9.91. The molecule has 2 N–H and O–H groups in total. The van der Waals surface area contributed by atoms with Gasteiger partial charge in [0.05, 0.1) is 12.0 Å². The van der Waals surface area contributed by atoms with E-state index in [1.807, 2.05) is 35.2 Å². The lowest BCUT2D eigenvalue weighted by Crippen LogP contribution is -2.55. The van der Waals surface area contributed by atoms with Crippen molar-refractivity contribution < 1.29 is 19.1 Å². The van der Waals surface area contributed by atoms with Crippen molar-refractivity contribution in [1.29, 1.82) is 0 Å². The number of rotatable bonds is 4. The van der Waals surface area contributed by atoms with Crippen LogP contribution in [0, 0.1) is 11.3 Å². The Bertz CT molecular complexity index is 869. The number of hydrogen-bond acceptors (Lipinski definition) is 5. The average molecular weight is 485 g/mol. The number of carbonyl (C=O) groups excluding carboxylic acids is 3. The van der Waals surface area contributed by atoms with Crippen LogP contribution in [0.2, 0.25) is 0 Å². The molecule has 192 valence electrons. The molecule has 0 unspecified atom stereocenters. The lowest BCUT2D eigenvalue weighted by Gasteiger charge is -2.42. The molecule has 1 aromatic carbocycles. The molecule has 1 spiro atoms. The number of piperidine rings is 2. The molecule has 0 bridgehead atoms. The number of carbonyl (C=O) groups is 3. The van der Waals surface area contributed by atoms with E-state index in [0.717, 1.165) is 70.3 Å². The molecule has 3 amide bonds. The van der Waals surface area contributed by atoms with Gasteiger partial charge in [-0.1, -0.05) is 31.0 Å². The monoisotopic (exact) mass is 484 g/mol. The van der Waals surface area contributed by atoms with Gasteiger partial charge in [0.25, 0.3) is 0 Å². The van der Waals surface area contributed by atoms with E-state index in [2.05, 4.69) is 15.5 Å². The van der Waals surface area contributed by atoms with Gasteiger partial charge in [-0.3, -0.25) is 19.3 Å². The maximum Gasteiger partial charge on any atom is 0.239 e. The van der Waals surface area contributed by atoms with Crippen LogP contribution in [-0.4, -0.2) is 79.4 Å². The zero-order valence-corrected chi connectivity index (χ0v) is 21.0. The van der Waals surface area contributed by atoms with Gasteiger partial charge in [-0.15, -0.1) is 0 Å². The highest BCUT2D eigenvalue weighted by atomic mass is 16.5. The van der Waals surface area contributed by atoms with E-state index in [-0.39, 0.29) is 36.2 Å². The van der Waals surface area contributed by atoms with Crippen molar-refractivity contribution in [1.82, 2.24) is 20.4 Å². The Morgan fingerprint density at radius 2 is 1.83 bits per heavy atom. The van der Waals surface area contributed by atoms with Crippen LogP contribution >= 0.6 is 0 Å². The van der Waals surface area contributed by atoms with E-state index < -0.39 is 5.41 Å². The average Bonchev–Trinajstić information content (AvgIpc) is 2.87. The predicted molar refractivity (Wildman–Crippen MR) is 134 cm³/mol. The Hall–Kier alpha value is -2.61. The quantitative estimate of drug-likeness (QED) is 0.684. The van der Waals surface area contributed by atoms with E-state index >= 15 is 0 Å². The molecule has 3 heterocycles. The summed E-state index contributed by atoms with van der Waals surface area (Å²) in [5.41, 5.74) is -0.409. The van der Waals surface area contributed by atoms with Crippen LogP contribution in [0.4, 0.5) is 0 Å². The van der Waals surface area contributed by atoms with Crippen LogP contribution in [0.5, 0.6) is 5.75 Å². The number of nitrogens with one attached hydrogen (secondary N) is 2. The van der Waals surface area contributed by atoms with Crippen LogP contribution in [-0.2, 0) is 14.4 Å². The summed E-state index contributed by atoms with van der Waals surface area (Å²) >= 11 is 0. The first-order valence-corrected chi connectivity index (χ1v) is 13.2. The van der Waals surface area contributed by atoms with E-state index in [4.69, 9.17) is 4.74 Å². The fourth-order valence-electron chi connectivity index (χ4n) is 5.88. The lowest BCUT2D eigenvalue weighted by molar-refractivity contribution is -0.137. The highest BCUT2D eigenvalue weighted by Gasteiger charge is 2.41. The Balaban J connectivity index is 1.31. The highest BCUT2D eigenvalue weighted by Crippen LogP contribution is 2.38. The maximum absolute atomic E-state index is 13.3. The minimum Gasteiger partial charge on any atom is -0.492 e. The molecular weight excluding hydrogens is 444 g/mol. The number of amides is 3. The third-order valence-corrected chi connectivity index (χ3v) is 8.13. The fourth-order valence-corrected chi connectivity index (χ4v) is 5.88. The number of likely N-dealkylation sites (tertiary alicyclic amines) is 2. The minimum atomic E-state index is -0.409. The summed E-state index contributed by atoms with van der Waals surface area (Å²) in [6.07, 6.45) is 6.19. The largest absolute Gasteiger partial charge is 0.492 e. The van der Waals surface area contributed by atoms with Crippen LogP contribution in [0.1, 0.15) is 51.9 Å². The second-order valence-electron chi connectivity index (χ2n) is 10.4. The Labute approximate surface area is 208 Å². The van der Waals surface area contributed by atoms with E-state index in [9.17, 15) is 14.4 Å². The molecular formula is C27H40N4O4. The summed E-state index contributed by atoms with van der Waals surface area (Å²) in [4.78, 5) is 42.1. The van der Waals surface area contributed by atoms with Crippen LogP contribution < -0.4 is 15.4 Å². The van der Waals surface area contributed by atoms with Crippen LogP contribution in [0.15, 0.2) is 30.3 Å². The van der Waals surface area contributed by atoms with E-state index in [1.54, 1.807) is 6.92 Å². The van der Waals surface area contributed by atoms with E-state index in [1.165, 1.54) is 0 Å². The van der Waals surface area contributed by atoms with Gasteiger partial charge in [0.2, 0.25) is 17.7 Å². The molecule has 4 rings (SSSR count). The maximum atomic E-state index is 13.3. The van der Waals surface area contributed by atoms with Gasteiger partial charge in [0.1, 0.15) is 12.4 Å². The molecule has 3 saturated heterocycles. The molecule has 3 fully saturated rings. The Morgan fingerprint density at radius 3 is 2.57 bits per heavy atom. The number of nitrogens with zero attached hydrogens (tertiary/aromatic N) is 2. The minimum absolute atomic E-state index is 0.0227. The first-order chi connectivity index (χ1) is 16.9. The van der Waals surface area contributed by atoms with Crippen molar-refractivity contribution in [2.75, 3.05) is 45.9 Å². The Kier molecular flexibility index (Phi) is 8.65. The summed E-state index contributed by atoms with van der Waals surface area (Å²) in [7, 11) is 0. The molecule has 0 aromatic heterocycles. The zero-order valence-electron chi connectivity index (χ0n) is 21.0. The molecule has 3 aliphatic rings. The van der Waals surface area contributed by atoms with Crippen molar-refractivity contribution in [2.45, 2.75) is 57.9 Å². The third-order valence-electron chi connectivity index (χ3n) is 8.13. The first-order valence-electron chi connectivity index (χ1n) is 13.2. The van der Waals surface area contributed by atoms with Gasteiger partial charge in [-0.25, -0.2) is 0 Å². The van der Waals surface area contributed by atoms with Gasteiger partial charge < -0.3 is 20.3 Å². The summed E-state index contributed by atoms with van der Waals surface area (Å²) < 4.78 is 5.85. The Morgan fingerprint density at radius 1 is 1.06 bits per heavy atom. The van der Waals surface area contributed by atoms with E-state index in [0.29, 0.717) is 19.7 Å². The number of hydrogen-bond donors (Lipinski definition) is 2. The topological polar surface area (TPSA) is 91.0 Å². The SMILES string of the molecule is CC(=O)N1CC[C@H]2NC(=O)CNC(=O)C3(CCCC[C@H]2C1)CCN(CCOc1ccccc1)CC3. The molecule has 1 aromatic rings. The normalized spacial score (nSPS) is 26.0. The summed E-state index contributed by atoms with van der Waals surface area (Å²) in [5.74, 6) is 1.15. The van der Waals surface area contributed by atoms with Gasteiger partial charge in [-0.05, 0) is 63.2 Å². The van der Waals surface area contributed by atoms with Gasteiger partial charge >= 0.3 is 0 Å². The number of para-hydroxylation sites is 1. The van der Waals surface area contributed by atoms with Crippen molar-refractivity contribution in [3.8, 4) is 5.75 Å². The summed E-state index contributed by atoms with van der Waals surface area (Å²) in [5, 5.41) is 6.09.